The summed E-state index contributed by atoms with van der Waals surface area (Å²) in [4.78, 5) is 142. The number of carbonyl (C=O) groups is 10. The molecule has 3 aromatic carbocycles. The first-order chi connectivity index (χ1) is 38.1. The molecule has 0 aromatic heterocycles. The summed E-state index contributed by atoms with van der Waals surface area (Å²) in [6.07, 6.45) is -0.563. The zero-order valence-corrected chi connectivity index (χ0v) is 45.0. The van der Waals surface area contributed by atoms with Gasteiger partial charge in [-0.2, -0.15) is 11.8 Å². The number of carboxylic acid groups (broad SMARTS) is 2. The fraction of sp³-hybridized carbons (Fsp3) is 0.423. The van der Waals surface area contributed by atoms with E-state index in [4.69, 9.17) is 34.4 Å². The lowest BCUT2D eigenvalue weighted by atomic mass is 10.0. The van der Waals surface area contributed by atoms with Gasteiger partial charge in [0.25, 0.3) is 0 Å². The molecule has 0 radical (unpaired) electrons. The summed E-state index contributed by atoms with van der Waals surface area (Å²) in [5.74, 6) is -11.0. The fourth-order valence-electron chi connectivity index (χ4n) is 7.82. The lowest BCUT2D eigenvalue weighted by Crippen LogP contribution is -2.61. The third-order valence-corrected chi connectivity index (χ3v) is 12.6. The minimum absolute atomic E-state index is 0.000103. The smallest absolute Gasteiger partial charge is 0.305 e. The number of rotatable bonds is 36. The van der Waals surface area contributed by atoms with Gasteiger partial charge in [0.1, 0.15) is 42.3 Å². The number of nitrogens with two attached hydrogens (primary N) is 6. The molecule has 3 aromatic rings. The number of aliphatic carboxylic acids is 2. The molecule has 0 spiro atoms. The van der Waals surface area contributed by atoms with Crippen LogP contribution in [-0.4, -0.2) is 155 Å². The molecule has 80 heavy (non-hydrogen) atoms. The second kappa shape index (κ2) is 34.9. The van der Waals surface area contributed by atoms with Gasteiger partial charge in [-0.15, -0.1) is 0 Å². The quantitative estimate of drug-likeness (QED) is 0.0154. The van der Waals surface area contributed by atoms with E-state index in [0.29, 0.717) is 22.4 Å². The Balaban J connectivity index is 1.93. The number of primary amides is 1. The highest BCUT2D eigenvalue weighted by atomic mass is 32.2. The largest absolute Gasteiger partial charge is 0.481 e. The Morgan fingerprint density at radius 1 is 0.438 bits per heavy atom. The maximum atomic E-state index is 14.4. The van der Waals surface area contributed by atoms with E-state index < -0.39 is 120 Å². The normalized spacial score (nSPS) is 13.8. The summed E-state index contributed by atoms with van der Waals surface area (Å²) in [5.41, 5.74) is 35.5. The second-order valence-corrected chi connectivity index (χ2v) is 19.4. The van der Waals surface area contributed by atoms with Crippen LogP contribution in [0.25, 0.3) is 0 Å². The zero-order valence-electron chi connectivity index (χ0n) is 44.2. The Labute approximate surface area is 466 Å². The first-order valence-electron chi connectivity index (χ1n) is 25.4. The molecule has 3 rings (SSSR count). The van der Waals surface area contributed by atoms with Crippen LogP contribution in [-0.2, 0) is 67.2 Å². The number of hydrogen-bond acceptors (Lipinski definition) is 14. The third kappa shape index (κ3) is 25.1. The Morgan fingerprint density at radius 2 is 0.750 bits per heavy atom. The molecule has 0 heterocycles. The van der Waals surface area contributed by atoms with Crippen LogP contribution in [0.3, 0.4) is 0 Å². The van der Waals surface area contributed by atoms with Gasteiger partial charge in [-0.05, 0) is 67.2 Å². The first-order valence-corrected chi connectivity index (χ1v) is 26.8. The van der Waals surface area contributed by atoms with Crippen LogP contribution < -0.4 is 71.6 Å². The van der Waals surface area contributed by atoms with Crippen LogP contribution in [0.1, 0.15) is 61.6 Å². The standard InChI is InChI=1S/C52H73N15O12S/c1-80-24-21-36(47(76)61-34(19-11-22-59-51(55)56)45(74)64-37(43(54)72)26-31-15-7-3-8-16-31)63-48(77)38(27-32-17-9-4-10-18-32)66-50(79)40(29-42(70)71)67-46(75)35(20-12-23-60-52(57)58)62-49(78)39(28-41(68)69)65-44(73)33(53)25-30-13-5-2-6-14-30/h2-10,13-18,33-40H,11-12,19-29,53H2,1H3,(H2,54,72)(H,61,76)(H,62,78)(H,63,77)(H,64,74)(H,65,73)(H,66,79)(H,67,75)(H,68,69)(H,70,71)(H4,55,56,59)(H4,57,58,60)/t33-,34-,35-,36-,37-,38-,39-,40-/m0/s1. The van der Waals surface area contributed by atoms with Gasteiger partial charge in [0, 0.05) is 25.9 Å². The number of hydrogen-bond donors (Lipinski definition) is 15. The predicted octanol–water partition coefficient (Wildman–Crippen LogP) is -3.27. The van der Waals surface area contributed by atoms with Gasteiger partial charge in [-0.3, -0.25) is 57.9 Å². The molecule has 0 saturated heterocycles. The summed E-state index contributed by atoms with van der Waals surface area (Å²) < 4.78 is 0. The van der Waals surface area contributed by atoms with Gasteiger partial charge in [0.05, 0.1) is 18.9 Å². The van der Waals surface area contributed by atoms with Crippen molar-refractivity contribution < 1.29 is 58.2 Å². The van der Waals surface area contributed by atoms with E-state index in [2.05, 4.69) is 47.2 Å². The molecule has 0 saturated carbocycles. The highest BCUT2D eigenvalue weighted by Gasteiger charge is 2.35. The number of guanidine groups is 2. The first kappa shape index (κ1) is 65.5. The Morgan fingerprint density at radius 3 is 1.12 bits per heavy atom. The fourth-order valence-corrected chi connectivity index (χ4v) is 8.29. The average molecular weight is 1130 g/mol. The van der Waals surface area contributed by atoms with Crippen LogP contribution in [0.2, 0.25) is 0 Å². The average Bonchev–Trinajstić information content (AvgIpc) is 3.40. The van der Waals surface area contributed by atoms with Crippen molar-refractivity contribution in [2.45, 2.75) is 113 Å². The number of aliphatic imine (C=N–C) groups is 2. The van der Waals surface area contributed by atoms with Crippen LogP contribution >= 0.6 is 11.8 Å². The molecule has 0 aliphatic rings. The molecule has 8 atom stereocenters. The maximum Gasteiger partial charge on any atom is 0.305 e. The molecule has 0 bridgehead atoms. The van der Waals surface area contributed by atoms with E-state index in [1.54, 1.807) is 97.3 Å². The number of amides is 8. The van der Waals surface area contributed by atoms with Crippen molar-refractivity contribution >= 4 is 82.9 Å². The molecule has 0 aliphatic heterocycles. The van der Waals surface area contributed by atoms with Crippen LogP contribution in [0.15, 0.2) is 101 Å². The van der Waals surface area contributed by atoms with Gasteiger partial charge >= 0.3 is 11.9 Å². The van der Waals surface area contributed by atoms with E-state index in [-0.39, 0.29) is 76.4 Å². The predicted molar refractivity (Wildman–Crippen MR) is 298 cm³/mol. The van der Waals surface area contributed by atoms with Gasteiger partial charge in [0.15, 0.2) is 11.9 Å². The number of thioether (sulfide) groups is 1. The molecule has 27 nitrogen and oxygen atoms in total. The molecule has 0 aliphatic carbocycles. The lowest BCUT2D eigenvalue weighted by molar-refractivity contribution is -0.142. The molecule has 0 unspecified atom stereocenters. The van der Waals surface area contributed by atoms with Crippen molar-refractivity contribution in [1.29, 1.82) is 0 Å². The third-order valence-electron chi connectivity index (χ3n) is 11.9. The molecule has 28 heteroatoms. The number of nitrogens with one attached hydrogen (secondary N) is 7. The maximum absolute atomic E-state index is 14.4. The molecule has 8 amide bonds. The van der Waals surface area contributed by atoms with E-state index in [0.717, 1.165) is 0 Å². The van der Waals surface area contributed by atoms with Crippen LogP contribution in [0.5, 0.6) is 0 Å². The van der Waals surface area contributed by atoms with Crippen molar-refractivity contribution in [2.24, 2.45) is 44.4 Å². The van der Waals surface area contributed by atoms with Gasteiger partial charge in [-0.25, -0.2) is 0 Å². The zero-order chi connectivity index (χ0) is 59.1. The van der Waals surface area contributed by atoms with E-state index in [9.17, 15) is 58.2 Å². The Bertz CT molecular complexity index is 2610. The second-order valence-electron chi connectivity index (χ2n) is 18.4. The Kier molecular flexibility index (Phi) is 28.5. The van der Waals surface area contributed by atoms with E-state index in [1.807, 2.05) is 0 Å². The SMILES string of the molecule is CSCC[C@H](NC(=O)[C@H](Cc1ccccc1)NC(=O)[C@H](CC(=O)O)NC(=O)[C@H](CCCN=C(N)N)NC(=O)[C@H](CC(=O)O)NC(=O)[C@@H](N)Cc1ccccc1)C(=O)N[C@@H](CCCN=C(N)N)C(=O)N[C@@H](Cc1ccccc1)C(N)=O. The molecule has 0 fully saturated rings. The topological polar surface area (TPSA) is 476 Å². The van der Waals surface area contributed by atoms with Crippen molar-refractivity contribution in [1.82, 2.24) is 37.2 Å². The van der Waals surface area contributed by atoms with E-state index >= 15 is 0 Å². The number of carbonyl (C=O) groups excluding carboxylic acids is 8. The monoisotopic (exact) mass is 1130 g/mol. The Hall–Kier alpha value is -8.79. The summed E-state index contributed by atoms with van der Waals surface area (Å²) in [6.45, 7) is -0.0100. The van der Waals surface area contributed by atoms with Gasteiger partial charge in [0.2, 0.25) is 47.3 Å². The van der Waals surface area contributed by atoms with Crippen molar-refractivity contribution in [3.63, 3.8) is 0 Å². The highest BCUT2D eigenvalue weighted by Crippen LogP contribution is 2.12. The van der Waals surface area contributed by atoms with Gasteiger partial charge in [-0.1, -0.05) is 91.0 Å². The molecule has 434 valence electrons. The molecular weight excluding hydrogens is 1060 g/mol. The number of nitrogens with zero attached hydrogens (tertiary/aromatic N) is 2. The van der Waals surface area contributed by atoms with Crippen molar-refractivity contribution in [3.05, 3.63) is 108 Å². The molecule has 21 N–H and O–H groups in total. The summed E-state index contributed by atoms with van der Waals surface area (Å²) >= 11 is 1.33. The minimum atomic E-state index is -1.94. The van der Waals surface area contributed by atoms with Gasteiger partial charge < -0.3 is 81.8 Å². The van der Waals surface area contributed by atoms with Crippen molar-refractivity contribution in [2.75, 3.05) is 25.1 Å². The molecular formula is C52H73N15O12S. The number of benzene rings is 3. The van der Waals surface area contributed by atoms with Crippen LogP contribution in [0.4, 0.5) is 0 Å². The number of carboxylic acids is 2. The summed E-state index contributed by atoms with van der Waals surface area (Å²) in [6, 6.07) is 13.7. The lowest BCUT2D eigenvalue weighted by Gasteiger charge is -2.28. The minimum Gasteiger partial charge on any atom is -0.481 e. The summed E-state index contributed by atoms with van der Waals surface area (Å²) in [5, 5.41) is 37.1. The van der Waals surface area contributed by atoms with Crippen molar-refractivity contribution in [3.8, 4) is 0 Å². The van der Waals surface area contributed by atoms with E-state index in [1.165, 1.54) is 11.8 Å². The summed E-state index contributed by atoms with van der Waals surface area (Å²) in [7, 11) is 0. The van der Waals surface area contributed by atoms with Crippen LogP contribution in [0, 0.1) is 0 Å². The highest BCUT2D eigenvalue weighted by molar-refractivity contribution is 7.98.